The number of hydrogen-bond donors (Lipinski definition) is 1. The number of carbonyl (C=O) groups excluding carboxylic acids is 1. The number of aliphatic hydroxyl groups is 1. The fourth-order valence-electron chi connectivity index (χ4n) is 4.98. The van der Waals surface area contributed by atoms with Gasteiger partial charge in [-0.25, -0.2) is 0 Å². The molecule has 8 heteroatoms. The number of hydrogen-bond acceptors (Lipinski definition) is 5. The lowest BCUT2D eigenvalue weighted by Gasteiger charge is -2.39. The van der Waals surface area contributed by atoms with Crippen molar-refractivity contribution in [1.29, 1.82) is 0 Å². The Labute approximate surface area is 155 Å². The van der Waals surface area contributed by atoms with Crippen molar-refractivity contribution in [2.24, 2.45) is 17.8 Å². The third kappa shape index (κ3) is 2.28. The van der Waals surface area contributed by atoms with Crippen molar-refractivity contribution in [2.45, 2.75) is 66.4 Å². The van der Waals surface area contributed by atoms with Crippen molar-refractivity contribution >= 4 is 40.8 Å². The van der Waals surface area contributed by atoms with Crippen LogP contribution in [-0.4, -0.2) is 45.1 Å². The molecule has 1 aliphatic heterocycles. The molecule has 6 atom stereocenters. The quantitative estimate of drug-likeness (QED) is 0.571. The second-order valence-corrected chi connectivity index (χ2v) is 9.58. The second-order valence-electron chi connectivity index (χ2n) is 7.30. The Balaban J connectivity index is 1.65. The van der Waals surface area contributed by atoms with Gasteiger partial charge >= 0.3 is 5.97 Å². The van der Waals surface area contributed by atoms with Crippen LogP contribution >= 0.6 is 34.8 Å². The molecule has 2 unspecified atom stereocenters. The van der Waals surface area contributed by atoms with Gasteiger partial charge in [0.05, 0.1) is 18.6 Å². The van der Waals surface area contributed by atoms with E-state index in [4.69, 9.17) is 49.0 Å². The van der Waals surface area contributed by atoms with Crippen molar-refractivity contribution < 1.29 is 24.1 Å². The number of rotatable bonds is 2. The van der Waals surface area contributed by atoms with E-state index in [1.807, 2.05) is 0 Å². The van der Waals surface area contributed by atoms with E-state index in [0.717, 1.165) is 32.1 Å². The van der Waals surface area contributed by atoms with Gasteiger partial charge in [-0.05, 0) is 19.8 Å². The molecule has 136 valence electrons. The zero-order chi connectivity index (χ0) is 17.3. The van der Waals surface area contributed by atoms with E-state index < -0.39 is 39.2 Å². The molecule has 1 saturated heterocycles. The van der Waals surface area contributed by atoms with Gasteiger partial charge in [-0.15, -0.1) is 0 Å². The van der Waals surface area contributed by atoms with Crippen molar-refractivity contribution in [2.75, 3.05) is 6.61 Å². The summed E-state index contributed by atoms with van der Waals surface area (Å²) in [5.41, 5.74) is -1.76. The maximum atomic E-state index is 12.2. The summed E-state index contributed by atoms with van der Waals surface area (Å²) in [5.74, 6) is -2.33. The van der Waals surface area contributed by atoms with Gasteiger partial charge in [0, 0.05) is 24.7 Å². The number of halogens is 3. The first-order valence-corrected chi connectivity index (χ1v) is 9.70. The van der Waals surface area contributed by atoms with Gasteiger partial charge in [-0.1, -0.05) is 41.2 Å². The molecule has 0 aromatic heterocycles. The molecule has 0 amide bonds. The lowest BCUT2D eigenvalue weighted by Crippen LogP contribution is -2.56. The highest BCUT2D eigenvalue weighted by Crippen LogP contribution is 2.71. The zero-order valence-electron chi connectivity index (χ0n) is 13.3. The molecule has 1 heterocycles. The van der Waals surface area contributed by atoms with Gasteiger partial charge in [0.1, 0.15) is 11.7 Å². The maximum Gasteiger partial charge on any atom is 0.309 e. The largest absolute Gasteiger partial charge is 0.466 e. The fraction of sp³-hybridized carbons (Fsp3) is 0.938. The molecule has 1 spiro atoms. The average molecular weight is 400 g/mol. The van der Waals surface area contributed by atoms with Crippen LogP contribution in [0.1, 0.15) is 39.0 Å². The van der Waals surface area contributed by atoms with Crippen molar-refractivity contribution in [1.82, 2.24) is 0 Å². The summed E-state index contributed by atoms with van der Waals surface area (Å²) in [6.07, 6.45) is 3.49. The van der Waals surface area contributed by atoms with Gasteiger partial charge in [0.25, 0.3) is 0 Å². The molecule has 4 rings (SSSR count). The summed E-state index contributed by atoms with van der Waals surface area (Å²) in [6.45, 7) is 2.02. The van der Waals surface area contributed by atoms with Crippen LogP contribution in [0.3, 0.4) is 0 Å². The Bertz CT molecular complexity index is 544. The molecular formula is C16H21Cl3O5. The molecule has 0 radical (unpaired) electrons. The van der Waals surface area contributed by atoms with Crippen LogP contribution in [0.5, 0.6) is 0 Å². The van der Waals surface area contributed by atoms with E-state index in [1.54, 1.807) is 6.92 Å². The monoisotopic (exact) mass is 398 g/mol. The molecule has 4 aliphatic rings. The molecule has 0 aromatic rings. The second kappa shape index (κ2) is 5.61. The zero-order valence-corrected chi connectivity index (χ0v) is 15.6. The van der Waals surface area contributed by atoms with E-state index >= 15 is 0 Å². The van der Waals surface area contributed by atoms with E-state index in [2.05, 4.69) is 0 Å². The Morgan fingerprint density at radius 1 is 1.25 bits per heavy atom. The number of esters is 1. The van der Waals surface area contributed by atoms with E-state index in [0.29, 0.717) is 0 Å². The minimum Gasteiger partial charge on any atom is -0.466 e. The van der Waals surface area contributed by atoms with E-state index in [-0.39, 0.29) is 18.5 Å². The molecule has 24 heavy (non-hydrogen) atoms. The Morgan fingerprint density at radius 2 is 1.92 bits per heavy atom. The number of carbonyl (C=O) groups is 1. The number of alkyl halides is 3. The SMILES string of the molecule is CCOC(=O)[C@H]1[C@@H]2C3OC4(CCCCC4)OC3[C@](O)(C(Cl)(Cl)Cl)[C@H]12. The summed E-state index contributed by atoms with van der Waals surface area (Å²) < 4.78 is 15.6. The molecule has 0 aromatic carbocycles. The molecule has 0 bridgehead atoms. The third-order valence-electron chi connectivity index (χ3n) is 6.02. The van der Waals surface area contributed by atoms with Crippen molar-refractivity contribution in [3.63, 3.8) is 0 Å². The predicted molar refractivity (Wildman–Crippen MR) is 87.9 cm³/mol. The highest BCUT2D eigenvalue weighted by Gasteiger charge is 2.84. The topological polar surface area (TPSA) is 65.0 Å². The molecule has 3 saturated carbocycles. The summed E-state index contributed by atoms with van der Waals surface area (Å²) in [7, 11) is 0. The normalized spacial score (nSPS) is 45.8. The lowest BCUT2D eigenvalue weighted by molar-refractivity contribution is -0.217. The van der Waals surface area contributed by atoms with Crippen LogP contribution in [0.25, 0.3) is 0 Å². The van der Waals surface area contributed by atoms with Crippen LogP contribution in [-0.2, 0) is 19.0 Å². The first kappa shape index (κ1) is 17.6. The third-order valence-corrected chi connectivity index (χ3v) is 6.92. The Hall–Kier alpha value is 0.220. The maximum absolute atomic E-state index is 12.2. The minimum absolute atomic E-state index is 0.226. The Kier molecular flexibility index (Phi) is 4.12. The minimum atomic E-state index is -1.97. The summed E-state index contributed by atoms with van der Waals surface area (Å²) >= 11 is 18.4. The molecule has 1 N–H and O–H groups in total. The highest BCUT2D eigenvalue weighted by molar-refractivity contribution is 6.68. The predicted octanol–water partition coefficient (Wildman–Crippen LogP) is 2.97. The van der Waals surface area contributed by atoms with Gasteiger partial charge in [-0.3, -0.25) is 4.79 Å². The lowest BCUT2D eigenvalue weighted by atomic mass is 9.91. The fourth-order valence-corrected chi connectivity index (χ4v) is 5.68. The summed E-state index contributed by atoms with van der Waals surface area (Å²) in [5, 5.41) is 11.3. The van der Waals surface area contributed by atoms with Gasteiger partial charge < -0.3 is 19.3 Å². The van der Waals surface area contributed by atoms with Crippen molar-refractivity contribution in [3.05, 3.63) is 0 Å². The molecule has 4 fully saturated rings. The highest BCUT2D eigenvalue weighted by atomic mass is 35.6. The molecule has 3 aliphatic carbocycles. The summed E-state index contributed by atoms with van der Waals surface area (Å²) in [4.78, 5) is 12.2. The first-order valence-electron chi connectivity index (χ1n) is 8.56. The van der Waals surface area contributed by atoms with Crippen LogP contribution in [0.4, 0.5) is 0 Å². The van der Waals surface area contributed by atoms with Gasteiger partial charge in [0.15, 0.2) is 5.79 Å². The molecule has 5 nitrogen and oxygen atoms in total. The smallest absolute Gasteiger partial charge is 0.309 e. The van der Waals surface area contributed by atoms with E-state index in [9.17, 15) is 9.90 Å². The van der Waals surface area contributed by atoms with Crippen LogP contribution in [0.2, 0.25) is 0 Å². The first-order chi connectivity index (χ1) is 11.3. The van der Waals surface area contributed by atoms with Crippen molar-refractivity contribution in [3.8, 4) is 0 Å². The van der Waals surface area contributed by atoms with Gasteiger partial charge in [0.2, 0.25) is 3.79 Å². The number of ether oxygens (including phenoxy) is 3. The standard InChI is InChI=1S/C16H21Cl3O5/c1-2-22-13(20)9-8-10(9)15(21,16(17,18)19)12-11(8)23-14(24-12)6-4-3-5-7-14/h8-12,21H,2-7H2,1H3/t8-,9-,10-,11?,12?,15-/m0/s1. The average Bonchev–Trinajstić information content (AvgIpc) is 3.09. The summed E-state index contributed by atoms with van der Waals surface area (Å²) in [6, 6.07) is 0. The van der Waals surface area contributed by atoms with Crippen LogP contribution in [0.15, 0.2) is 0 Å². The van der Waals surface area contributed by atoms with E-state index in [1.165, 1.54) is 0 Å². The Morgan fingerprint density at radius 3 is 2.50 bits per heavy atom. The molecular weight excluding hydrogens is 379 g/mol. The number of fused-ring (bicyclic) bond motifs is 3. The van der Waals surface area contributed by atoms with Crippen LogP contribution < -0.4 is 0 Å². The van der Waals surface area contributed by atoms with Gasteiger partial charge in [-0.2, -0.15) is 0 Å². The van der Waals surface area contributed by atoms with Crippen LogP contribution in [0, 0.1) is 17.8 Å².